The van der Waals surface area contributed by atoms with Gasteiger partial charge >= 0.3 is 0 Å². The highest BCUT2D eigenvalue weighted by molar-refractivity contribution is 5.56. The van der Waals surface area contributed by atoms with Crippen molar-refractivity contribution in [3.8, 4) is 5.75 Å². The number of hydrogen-bond donors (Lipinski definition) is 1. The van der Waals surface area contributed by atoms with Gasteiger partial charge in [-0.3, -0.25) is 0 Å². The van der Waals surface area contributed by atoms with Crippen LogP contribution < -0.4 is 27.4 Å². The summed E-state index contributed by atoms with van der Waals surface area (Å²) in [6, 6.07) is 11.4. The first kappa shape index (κ1) is 18.4. The third kappa shape index (κ3) is 4.54. The second-order valence-corrected chi connectivity index (χ2v) is 5.35. The Morgan fingerprint density at radius 3 is 2.84 bits per heavy atom. The van der Waals surface area contributed by atoms with Crippen molar-refractivity contribution in [3.63, 3.8) is 0 Å². The summed E-state index contributed by atoms with van der Waals surface area (Å²) in [6.07, 6.45) is 5.62. The summed E-state index contributed by atoms with van der Waals surface area (Å²) < 4.78 is 8.85. The van der Waals surface area contributed by atoms with Gasteiger partial charge in [0.15, 0.2) is 12.4 Å². The van der Waals surface area contributed by atoms with Crippen LogP contribution in [0.1, 0.15) is 5.56 Å². The minimum atomic E-state index is 0. The highest BCUT2D eigenvalue weighted by Crippen LogP contribution is 2.26. The number of rotatable bonds is 5. The molecule has 3 aromatic rings. The SMILES string of the molecule is COc1cccc(/N=N/c2cnn(Cc3ccc[n+](C)c3)c2N)c1.[Cl-]. The van der Waals surface area contributed by atoms with Crippen LogP contribution in [0.3, 0.4) is 0 Å². The summed E-state index contributed by atoms with van der Waals surface area (Å²) in [5, 5.41) is 12.7. The number of azo groups is 1. The zero-order valence-electron chi connectivity index (χ0n) is 14.0. The molecule has 0 atom stereocenters. The lowest BCUT2D eigenvalue weighted by Crippen LogP contribution is -3.00. The van der Waals surface area contributed by atoms with Gasteiger partial charge in [-0.2, -0.15) is 10.2 Å². The number of nitrogens with zero attached hydrogens (tertiary/aromatic N) is 5. The average molecular weight is 359 g/mol. The van der Waals surface area contributed by atoms with Crippen molar-refractivity contribution in [1.29, 1.82) is 0 Å². The van der Waals surface area contributed by atoms with E-state index in [-0.39, 0.29) is 12.4 Å². The molecule has 0 amide bonds. The minimum Gasteiger partial charge on any atom is -1.00 e. The summed E-state index contributed by atoms with van der Waals surface area (Å²) in [7, 11) is 3.59. The van der Waals surface area contributed by atoms with Crippen molar-refractivity contribution < 1.29 is 21.7 Å². The topological polar surface area (TPSA) is 81.7 Å². The van der Waals surface area contributed by atoms with Crippen LogP contribution in [0.5, 0.6) is 5.75 Å². The molecule has 25 heavy (non-hydrogen) atoms. The van der Waals surface area contributed by atoms with Crippen LogP contribution in [0.15, 0.2) is 65.2 Å². The van der Waals surface area contributed by atoms with Crippen LogP contribution in [0.25, 0.3) is 0 Å². The molecule has 0 radical (unpaired) electrons. The van der Waals surface area contributed by atoms with Gasteiger partial charge in [-0.25, -0.2) is 9.25 Å². The molecule has 1 aromatic carbocycles. The summed E-state index contributed by atoms with van der Waals surface area (Å²) in [5.41, 5.74) is 8.46. The molecule has 0 spiro atoms. The van der Waals surface area contributed by atoms with E-state index in [0.717, 1.165) is 11.3 Å². The Balaban J connectivity index is 0.00000225. The number of ether oxygens (including phenoxy) is 1. The number of anilines is 1. The van der Waals surface area contributed by atoms with E-state index in [1.54, 1.807) is 24.1 Å². The van der Waals surface area contributed by atoms with Crippen LogP contribution in [0, 0.1) is 0 Å². The molecule has 0 fully saturated rings. The molecule has 0 unspecified atom stereocenters. The van der Waals surface area contributed by atoms with E-state index in [4.69, 9.17) is 10.5 Å². The number of hydrogen-bond acceptors (Lipinski definition) is 5. The van der Waals surface area contributed by atoms with E-state index in [1.807, 2.05) is 54.3 Å². The summed E-state index contributed by atoms with van der Waals surface area (Å²) >= 11 is 0. The predicted octanol–water partition coefficient (Wildman–Crippen LogP) is -0.234. The molecule has 2 heterocycles. The van der Waals surface area contributed by atoms with Gasteiger partial charge in [-0.15, -0.1) is 5.11 Å². The second kappa shape index (κ2) is 8.25. The Bertz CT molecular complexity index is 877. The number of nitrogens with two attached hydrogens (primary N) is 1. The van der Waals surface area contributed by atoms with Crippen molar-refractivity contribution in [2.24, 2.45) is 17.3 Å². The summed E-state index contributed by atoms with van der Waals surface area (Å²) in [5.74, 6) is 1.21. The van der Waals surface area contributed by atoms with Crippen LogP contribution in [0.4, 0.5) is 17.2 Å². The molecule has 7 nitrogen and oxygen atoms in total. The molecule has 0 aliphatic carbocycles. The van der Waals surface area contributed by atoms with Gasteiger partial charge in [0.1, 0.15) is 24.3 Å². The molecule has 0 saturated carbocycles. The number of aryl methyl sites for hydroxylation is 1. The van der Waals surface area contributed by atoms with E-state index in [2.05, 4.69) is 15.3 Å². The molecule has 2 aromatic heterocycles. The number of halogens is 1. The first-order valence-electron chi connectivity index (χ1n) is 7.47. The third-order valence-electron chi connectivity index (χ3n) is 3.52. The van der Waals surface area contributed by atoms with Crippen molar-refractivity contribution in [2.45, 2.75) is 6.54 Å². The average Bonchev–Trinajstić information content (AvgIpc) is 2.93. The molecule has 2 N–H and O–H groups in total. The monoisotopic (exact) mass is 358 g/mol. The summed E-state index contributed by atoms with van der Waals surface area (Å²) in [4.78, 5) is 0. The third-order valence-corrected chi connectivity index (χ3v) is 3.52. The molecule has 0 bridgehead atoms. The number of nitrogen functional groups attached to an aromatic ring is 1. The van der Waals surface area contributed by atoms with Gasteiger partial charge < -0.3 is 22.9 Å². The first-order chi connectivity index (χ1) is 11.7. The Morgan fingerprint density at radius 1 is 1.24 bits per heavy atom. The normalized spacial score (nSPS) is 10.6. The standard InChI is InChI=1S/C17H19N6O.ClH/c1-22-8-4-5-13(11-22)12-23-17(18)16(10-19-23)21-20-14-6-3-7-15(9-14)24-2;/h3-11H,12,18H2,1-2H3;1H/q+1;/p-1/b21-20+;. The van der Waals surface area contributed by atoms with E-state index in [0.29, 0.717) is 23.7 Å². The maximum absolute atomic E-state index is 6.12. The minimum absolute atomic E-state index is 0. The van der Waals surface area contributed by atoms with Gasteiger partial charge in [0.05, 0.1) is 25.5 Å². The Hall–Kier alpha value is -2.93. The largest absolute Gasteiger partial charge is 1.00 e. The van der Waals surface area contributed by atoms with Crippen LogP contribution in [0.2, 0.25) is 0 Å². The van der Waals surface area contributed by atoms with Crippen molar-refractivity contribution in [1.82, 2.24) is 9.78 Å². The van der Waals surface area contributed by atoms with E-state index < -0.39 is 0 Å². The quantitative estimate of drug-likeness (QED) is 0.505. The number of aromatic nitrogens is 3. The predicted molar refractivity (Wildman–Crippen MR) is 90.5 cm³/mol. The fourth-order valence-electron chi connectivity index (χ4n) is 2.29. The van der Waals surface area contributed by atoms with E-state index in [1.165, 1.54) is 0 Å². The fourth-order valence-corrected chi connectivity index (χ4v) is 2.29. The lowest BCUT2D eigenvalue weighted by molar-refractivity contribution is -0.671. The molecule has 0 saturated heterocycles. The van der Waals surface area contributed by atoms with Gasteiger partial charge in [-0.1, -0.05) is 6.07 Å². The maximum Gasteiger partial charge on any atom is 0.173 e. The van der Waals surface area contributed by atoms with E-state index >= 15 is 0 Å². The Labute approximate surface area is 152 Å². The molecular formula is C17H19ClN6O. The van der Waals surface area contributed by atoms with Crippen molar-refractivity contribution in [2.75, 3.05) is 12.8 Å². The second-order valence-electron chi connectivity index (χ2n) is 5.35. The highest BCUT2D eigenvalue weighted by atomic mass is 35.5. The number of benzene rings is 1. The zero-order valence-corrected chi connectivity index (χ0v) is 14.8. The molecule has 130 valence electrons. The Kier molecular flexibility index (Phi) is 6.08. The van der Waals surface area contributed by atoms with Crippen LogP contribution >= 0.6 is 0 Å². The number of methoxy groups -OCH3 is 1. The zero-order chi connectivity index (χ0) is 16.9. The van der Waals surface area contributed by atoms with Gasteiger partial charge in [0.2, 0.25) is 0 Å². The highest BCUT2D eigenvalue weighted by Gasteiger charge is 2.09. The first-order valence-corrected chi connectivity index (χ1v) is 7.47. The molecular weight excluding hydrogens is 340 g/mol. The molecule has 3 rings (SSSR count). The fraction of sp³-hybridized carbons (Fsp3) is 0.176. The smallest absolute Gasteiger partial charge is 0.173 e. The van der Waals surface area contributed by atoms with Crippen molar-refractivity contribution in [3.05, 3.63) is 60.6 Å². The summed E-state index contributed by atoms with van der Waals surface area (Å²) in [6.45, 7) is 0.579. The van der Waals surface area contributed by atoms with Gasteiger partial charge in [0.25, 0.3) is 0 Å². The maximum atomic E-state index is 6.12. The van der Waals surface area contributed by atoms with Crippen LogP contribution in [-0.2, 0) is 13.6 Å². The van der Waals surface area contributed by atoms with E-state index in [9.17, 15) is 0 Å². The Morgan fingerprint density at radius 2 is 2.08 bits per heavy atom. The lowest BCUT2D eigenvalue weighted by atomic mass is 10.3. The van der Waals surface area contributed by atoms with Crippen molar-refractivity contribution >= 4 is 17.2 Å². The molecule has 0 aliphatic rings. The lowest BCUT2D eigenvalue weighted by Gasteiger charge is -2.03. The van der Waals surface area contributed by atoms with Gasteiger partial charge in [0, 0.05) is 17.7 Å². The van der Waals surface area contributed by atoms with Crippen LogP contribution in [-0.4, -0.2) is 16.9 Å². The molecule has 0 aliphatic heterocycles. The number of pyridine rings is 1. The molecule has 8 heteroatoms. The van der Waals surface area contributed by atoms with Gasteiger partial charge in [-0.05, 0) is 18.2 Å².